The maximum absolute atomic E-state index is 13.3. The number of thiophene rings is 1. The van der Waals surface area contributed by atoms with Crippen LogP contribution in [0.2, 0.25) is 5.28 Å². The van der Waals surface area contributed by atoms with Gasteiger partial charge in [-0.15, -0.1) is 11.3 Å². The van der Waals surface area contributed by atoms with Crippen molar-refractivity contribution in [3.05, 3.63) is 70.1 Å². The highest BCUT2D eigenvalue weighted by Crippen LogP contribution is 2.38. The van der Waals surface area contributed by atoms with E-state index in [4.69, 9.17) is 11.6 Å². The van der Waals surface area contributed by atoms with Gasteiger partial charge in [-0.2, -0.15) is 4.98 Å². The quantitative estimate of drug-likeness (QED) is 0.410. The van der Waals surface area contributed by atoms with Crippen LogP contribution in [0.25, 0.3) is 21.3 Å². The van der Waals surface area contributed by atoms with E-state index in [1.165, 1.54) is 29.0 Å². The SMILES string of the molecule is Cc1ccc(Nc2nc(Cl)nc3scc(-c4ccc(F)cc4)c23)c(C)c1. The fraction of sp³-hybridized carbons (Fsp3) is 0.100. The Kier molecular flexibility index (Phi) is 4.34. The topological polar surface area (TPSA) is 37.8 Å². The Labute approximate surface area is 159 Å². The number of rotatable bonds is 3. The first-order valence-corrected chi connectivity index (χ1v) is 9.32. The molecule has 2 heterocycles. The molecule has 4 aromatic rings. The summed E-state index contributed by atoms with van der Waals surface area (Å²) in [6.07, 6.45) is 0. The molecule has 0 saturated heterocycles. The standard InChI is InChI=1S/C20H15ClFN3S/c1-11-3-8-16(12(2)9-11)23-18-17-15(13-4-6-14(22)7-5-13)10-26-19(17)25-20(21)24-18/h3-10H,1-2H3,(H,23,24,25). The van der Waals surface area contributed by atoms with Crippen LogP contribution in [-0.4, -0.2) is 9.97 Å². The molecule has 0 radical (unpaired) electrons. The molecule has 0 bridgehead atoms. The molecule has 1 N–H and O–H groups in total. The van der Waals surface area contributed by atoms with Gasteiger partial charge < -0.3 is 5.32 Å². The van der Waals surface area contributed by atoms with Gasteiger partial charge in [-0.1, -0.05) is 29.8 Å². The summed E-state index contributed by atoms with van der Waals surface area (Å²) in [6, 6.07) is 12.6. The predicted octanol–water partition coefficient (Wildman–Crippen LogP) is 6.51. The number of aryl methyl sites for hydroxylation is 2. The number of hydrogen-bond donors (Lipinski definition) is 1. The van der Waals surface area contributed by atoms with Gasteiger partial charge in [0.1, 0.15) is 16.5 Å². The maximum Gasteiger partial charge on any atom is 0.225 e. The van der Waals surface area contributed by atoms with E-state index in [2.05, 4.69) is 28.3 Å². The first-order chi connectivity index (χ1) is 12.5. The zero-order valence-electron chi connectivity index (χ0n) is 14.2. The first kappa shape index (κ1) is 16.9. The van der Waals surface area contributed by atoms with E-state index in [1.54, 1.807) is 12.1 Å². The Balaban J connectivity index is 1.88. The molecule has 130 valence electrons. The molecule has 0 saturated carbocycles. The van der Waals surface area contributed by atoms with Gasteiger partial charge >= 0.3 is 0 Å². The molecule has 0 atom stereocenters. The number of fused-ring (bicyclic) bond motifs is 1. The maximum atomic E-state index is 13.3. The van der Waals surface area contributed by atoms with Crippen molar-refractivity contribution in [2.24, 2.45) is 0 Å². The van der Waals surface area contributed by atoms with Crippen LogP contribution in [0.3, 0.4) is 0 Å². The van der Waals surface area contributed by atoms with E-state index in [0.717, 1.165) is 32.6 Å². The molecular formula is C20H15ClFN3S. The smallest absolute Gasteiger partial charge is 0.225 e. The summed E-state index contributed by atoms with van der Waals surface area (Å²) in [4.78, 5) is 9.54. The minimum atomic E-state index is -0.263. The Morgan fingerprint density at radius 1 is 1.04 bits per heavy atom. The van der Waals surface area contributed by atoms with Gasteiger partial charge in [-0.25, -0.2) is 9.37 Å². The van der Waals surface area contributed by atoms with E-state index in [9.17, 15) is 4.39 Å². The number of hydrogen-bond acceptors (Lipinski definition) is 4. The van der Waals surface area contributed by atoms with Crippen LogP contribution < -0.4 is 5.32 Å². The second-order valence-corrected chi connectivity index (χ2v) is 7.32. The number of nitrogens with one attached hydrogen (secondary N) is 1. The van der Waals surface area contributed by atoms with Gasteiger partial charge in [0.25, 0.3) is 0 Å². The van der Waals surface area contributed by atoms with E-state index >= 15 is 0 Å². The summed E-state index contributed by atoms with van der Waals surface area (Å²) in [5.74, 6) is 0.383. The molecule has 0 aliphatic heterocycles. The lowest BCUT2D eigenvalue weighted by Gasteiger charge is -2.12. The van der Waals surface area contributed by atoms with Crippen molar-refractivity contribution in [2.45, 2.75) is 13.8 Å². The van der Waals surface area contributed by atoms with Crippen LogP contribution in [0, 0.1) is 19.7 Å². The highest BCUT2D eigenvalue weighted by molar-refractivity contribution is 7.17. The van der Waals surface area contributed by atoms with Crippen molar-refractivity contribution >= 4 is 44.7 Å². The summed E-state index contributed by atoms with van der Waals surface area (Å²) in [6.45, 7) is 4.10. The summed E-state index contributed by atoms with van der Waals surface area (Å²) in [5, 5.41) is 6.46. The van der Waals surface area contributed by atoms with Crippen molar-refractivity contribution in [2.75, 3.05) is 5.32 Å². The molecule has 2 aromatic carbocycles. The zero-order valence-corrected chi connectivity index (χ0v) is 15.7. The molecule has 4 rings (SSSR count). The summed E-state index contributed by atoms with van der Waals surface area (Å²) < 4.78 is 13.3. The minimum Gasteiger partial charge on any atom is -0.339 e. The van der Waals surface area contributed by atoms with Gasteiger partial charge in [0.15, 0.2) is 0 Å². The van der Waals surface area contributed by atoms with Crippen molar-refractivity contribution in [3.63, 3.8) is 0 Å². The molecule has 0 fully saturated rings. The average molecular weight is 384 g/mol. The number of anilines is 2. The lowest BCUT2D eigenvalue weighted by Crippen LogP contribution is -1.98. The minimum absolute atomic E-state index is 0.192. The van der Waals surface area contributed by atoms with Crippen molar-refractivity contribution in [1.82, 2.24) is 9.97 Å². The molecule has 2 aromatic heterocycles. The number of halogens is 2. The lowest BCUT2D eigenvalue weighted by molar-refractivity contribution is 0.628. The summed E-state index contributed by atoms with van der Waals surface area (Å²) >= 11 is 7.62. The fourth-order valence-electron chi connectivity index (χ4n) is 2.93. The normalized spacial score (nSPS) is 11.1. The number of benzene rings is 2. The Hall–Kier alpha value is -2.50. The van der Waals surface area contributed by atoms with Crippen LogP contribution in [0.5, 0.6) is 0 Å². The average Bonchev–Trinajstić information content (AvgIpc) is 3.02. The van der Waals surface area contributed by atoms with Crippen LogP contribution >= 0.6 is 22.9 Å². The third-order valence-corrected chi connectivity index (χ3v) is 5.24. The Morgan fingerprint density at radius 2 is 1.81 bits per heavy atom. The highest BCUT2D eigenvalue weighted by atomic mass is 35.5. The zero-order chi connectivity index (χ0) is 18.3. The van der Waals surface area contributed by atoms with E-state index in [-0.39, 0.29) is 11.1 Å². The van der Waals surface area contributed by atoms with Crippen LogP contribution in [0.1, 0.15) is 11.1 Å². The number of aromatic nitrogens is 2. The second kappa shape index (κ2) is 6.67. The predicted molar refractivity (Wildman–Crippen MR) is 107 cm³/mol. The van der Waals surface area contributed by atoms with Crippen LogP contribution in [0.15, 0.2) is 47.8 Å². The monoisotopic (exact) mass is 383 g/mol. The Morgan fingerprint density at radius 3 is 2.54 bits per heavy atom. The van der Waals surface area contributed by atoms with E-state index in [1.807, 2.05) is 24.4 Å². The Bertz CT molecular complexity index is 1110. The third kappa shape index (κ3) is 3.16. The molecule has 0 unspecified atom stereocenters. The first-order valence-electron chi connectivity index (χ1n) is 8.06. The highest BCUT2D eigenvalue weighted by Gasteiger charge is 2.16. The lowest BCUT2D eigenvalue weighted by atomic mass is 10.1. The van der Waals surface area contributed by atoms with Gasteiger partial charge in [0.05, 0.1) is 5.39 Å². The molecule has 0 aliphatic rings. The van der Waals surface area contributed by atoms with Crippen molar-refractivity contribution < 1.29 is 4.39 Å². The summed E-state index contributed by atoms with van der Waals surface area (Å²) in [7, 11) is 0. The van der Waals surface area contributed by atoms with Crippen LogP contribution in [0.4, 0.5) is 15.9 Å². The molecular weight excluding hydrogens is 369 g/mol. The molecule has 3 nitrogen and oxygen atoms in total. The number of nitrogens with zero attached hydrogens (tertiary/aromatic N) is 2. The van der Waals surface area contributed by atoms with Gasteiger partial charge in [0.2, 0.25) is 5.28 Å². The molecule has 0 spiro atoms. The molecule has 26 heavy (non-hydrogen) atoms. The second-order valence-electron chi connectivity index (χ2n) is 6.12. The van der Waals surface area contributed by atoms with Crippen LogP contribution in [-0.2, 0) is 0 Å². The molecule has 6 heteroatoms. The third-order valence-electron chi connectivity index (χ3n) is 4.20. The van der Waals surface area contributed by atoms with Gasteiger partial charge in [-0.3, -0.25) is 0 Å². The fourth-order valence-corrected chi connectivity index (χ4v) is 4.10. The van der Waals surface area contributed by atoms with Gasteiger partial charge in [0, 0.05) is 16.6 Å². The largest absolute Gasteiger partial charge is 0.339 e. The summed E-state index contributed by atoms with van der Waals surface area (Å²) in [5.41, 5.74) is 5.14. The van der Waals surface area contributed by atoms with Crippen molar-refractivity contribution in [1.29, 1.82) is 0 Å². The van der Waals surface area contributed by atoms with Gasteiger partial charge in [-0.05, 0) is 54.8 Å². The molecule has 0 amide bonds. The van der Waals surface area contributed by atoms with Crippen molar-refractivity contribution in [3.8, 4) is 11.1 Å². The van der Waals surface area contributed by atoms with E-state index in [0.29, 0.717) is 5.82 Å². The molecule has 0 aliphatic carbocycles. The van der Waals surface area contributed by atoms with E-state index < -0.39 is 0 Å².